The van der Waals surface area contributed by atoms with E-state index in [1.54, 1.807) is 7.11 Å². The second-order valence-electron chi connectivity index (χ2n) is 5.10. The maximum Gasteiger partial charge on any atom is 0.136 e. The van der Waals surface area contributed by atoms with Gasteiger partial charge in [0.05, 0.1) is 18.3 Å². The zero-order valence-electron chi connectivity index (χ0n) is 12.7. The van der Waals surface area contributed by atoms with Crippen LogP contribution in [0.2, 0.25) is 0 Å². The summed E-state index contributed by atoms with van der Waals surface area (Å²) in [6.45, 7) is 3.60. The normalized spacial score (nSPS) is 12.6. The first kappa shape index (κ1) is 14.8. The van der Waals surface area contributed by atoms with E-state index in [9.17, 15) is 0 Å². The molecule has 4 heteroatoms. The Morgan fingerprint density at radius 3 is 2.80 bits per heavy atom. The molecule has 0 radical (unpaired) electrons. The highest BCUT2D eigenvalue weighted by Crippen LogP contribution is 2.26. The highest BCUT2D eigenvalue weighted by Gasteiger charge is 2.15. The fraction of sp³-hybridized carbons (Fsp3) is 0.438. The SMILES string of the molecule is CNCc1cc2ccccc2c(N(C)C(C)COC)n1. The number of anilines is 1. The number of benzene rings is 1. The molecule has 1 heterocycles. The molecule has 0 aliphatic rings. The molecule has 0 saturated heterocycles. The van der Waals surface area contributed by atoms with Crippen molar-refractivity contribution in [2.45, 2.75) is 19.5 Å². The molecule has 1 atom stereocenters. The molecule has 0 spiro atoms. The monoisotopic (exact) mass is 273 g/mol. The van der Waals surface area contributed by atoms with E-state index in [4.69, 9.17) is 9.72 Å². The first-order chi connectivity index (χ1) is 9.67. The quantitative estimate of drug-likeness (QED) is 0.877. The number of nitrogens with zero attached hydrogens (tertiary/aromatic N) is 2. The summed E-state index contributed by atoms with van der Waals surface area (Å²) in [6, 6.07) is 10.8. The molecule has 0 amide bonds. The lowest BCUT2D eigenvalue weighted by atomic mass is 10.1. The Hall–Kier alpha value is -1.65. The van der Waals surface area contributed by atoms with Crippen LogP contribution in [0.1, 0.15) is 12.6 Å². The number of pyridine rings is 1. The highest BCUT2D eigenvalue weighted by molar-refractivity contribution is 5.92. The highest BCUT2D eigenvalue weighted by atomic mass is 16.5. The third-order valence-corrected chi connectivity index (χ3v) is 3.53. The van der Waals surface area contributed by atoms with Gasteiger partial charge < -0.3 is 15.0 Å². The minimum Gasteiger partial charge on any atom is -0.383 e. The summed E-state index contributed by atoms with van der Waals surface area (Å²) in [5.41, 5.74) is 1.05. The van der Waals surface area contributed by atoms with Crippen molar-refractivity contribution < 1.29 is 4.74 Å². The number of fused-ring (bicyclic) bond motifs is 1. The fourth-order valence-corrected chi connectivity index (χ4v) is 2.34. The maximum atomic E-state index is 5.25. The molecule has 1 aromatic heterocycles. The number of hydrogen-bond acceptors (Lipinski definition) is 4. The smallest absolute Gasteiger partial charge is 0.136 e. The molecule has 0 aliphatic carbocycles. The maximum absolute atomic E-state index is 5.25. The van der Waals surface area contributed by atoms with E-state index in [1.807, 2.05) is 7.05 Å². The average molecular weight is 273 g/mol. The van der Waals surface area contributed by atoms with Gasteiger partial charge in [0.15, 0.2) is 0 Å². The third kappa shape index (κ3) is 3.08. The van der Waals surface area contributed by atoms with Crippen molar-refractivity contribution in [3.8, 4) is 0 Å². The van der Waals surface area contributed by atoms with E-state index in [0.29, 0.717) is 6.61 Å². The minimum absolute atomic E-state index is 0.278. The summed E-state index contributed by atoms with van der Waals surface area (Å²) >= 11 is 0. The number of aromatic nitrogens is 1. The van der Waals surface area contributed by atoms with E-state index >= 15 is 0 Å². The van der Waals surface area contributed by atoms with Crippen LogP contribution in [0.15, 0.2) is 30.3 Å². The van der Waals surface area contributed by atoms with Crippen LogP contribution in [0, 0.1) is 0 Å². The summed E-state index contributed by atoms with van der Waals surface area (Å²) in [5.74, 6) is 1.01. The molecule has 2 rings (SSSR count). The molecule has 0 fully saturated rings. The number of rotatable bonds is 6. The Labute approximate surface area is 120 Å². The lowest BCUT2D eigenvalue weighted by molar-refractivity contribution is 0.183. The Morgan fingerprint density at radius 2 is 2.10 bits per heavy atom. The van der Waals surface area contributed by atoms with Crippen molar-refractivity contribution in [3.63, 3.8) is 0 Å². The first-order valence-corrected chi connectivity index (χ1v) is 6.92. The topological polar surface area (TPSA) is 37.4 Å². The van der Waals surface area contributed by atoms with E-state index in [-0.39, 0.29) is 6.04 Å². The van der Waals surface area contributed by atoms with E-state index in [1.165, 1.54) is 10.8 Å². The van der Waals surface area contributed by atoms with Gasteiger partial charge in [0, 0.05) is 26.1 Å². The predicted octanol–water partition coefficient (Wildman–Crippen LogP) is 2.43. The number of hydrogen-bond donors (Lipinski definition) is 1. The van der Waals surface area contributed by atoms with Gasteiger partial charge in [-0.05, 0) is 25.4 Å². The lowest BCUT2D eigenvalue weighted by Gasteiger charge is -2.27. The van der Waals surface area contributed by atoms with Gasteiger partial charge in [-0.3, -0.25) is 0 Å². The van der Waals surface area contributed by atoms with Crippen LogP contribution in [-0.4, -0.2) is 38.8 Å². The third-order valence-electron chi connectivity index (χ3n) is 3.53. The Morgan fingerprint density at radius 1 is 1.35 bits per heavy atom. The van der Waals surface area contributed by atoms with Crippen molar-refractivity contribution in [3.05, 3.63) is 36.0 Å². The number of nitrogens with one attached hydrogen (secondary N) is 1. The van der Waals surface area contributed by atoms with Crippen LogP contribution in [0.25, 0.3) is 10.8 Å². The summed E-state index contributed by atoms with van der Waals surface area (Å²) in [6.07, 6.45) is 0. The summed E-state index contributed by atoms with van der Waals surface area (Å²) < 4.78 is 5.25. The van der Waals surface area contributed by atoms with Crippen molar-refractivity contribution in [2.75, 3.05) is 32.7 Å². The minimum atomic E-state index is 0.278. The van der Waals surface area contributed by atoms with Gasteiger partial charge in [0.25, 0.3) is 0 Å². The standard InChI is InChI=1S/C16H23N3O/c1-12(11-20-4)19(3)16-15-8-6-5-7-13(15)9-14(18-16)10-17-2/h5-9,12,17H,10-11H2,1-4H3. The van der Waals surface area contributed by atoms with Crippen LogP contribution in [-0.2, 0) is 11.3 Å². The Kier molecular flexibility index (Phi) is 4.93. The van der Waals surface area contributed by atoms with Gasteiger partial charge in [-0.2, -0.15) is 0 Å². The molecule has 20 heavy (non-hydrogen) atoms. The van der Waals surface area contributed by atoms with Crippen molar-refractivity contribution >= 4 is 16.6 Å². The van der Waals surface area contributed by atoms with Crippen LogP contribution in [0.3, 0.4) is 0 Å². The molecule has 1 aromatic carbocycles. The van der Waals surface area contributed by atoms with Gasteiger partial charge in [0.2, 0.25) is 0 Å². The zero-order chi connectivity index (χ0) is 14.5. The molecule has 0 aliphatic heterocycles. The summed E-state index contributed by atoms with van der Waals surface area (Å²) in [5, 5.41) is 5.56. The zero-order valence-corrected chi connectivity index (χ0v) is 12.7. The second-order valence-corrected chi connectivity index (χ2v) is 5.10. The van der Waals surface area contributed by atoms with E-state index in [0.717, 1.165) is 18.1 Å². The summed E-state index contributed by atoms with van der Waals surface area (Å²) in [7, 11) is 5.74. The largest absolute Gasteiger partial charge is 0.383 e. The molecule has 4 nitrogen and oxygen atoms in total. The van der Waals surface area contributed by atoms with Gasteiger partial charge in [-0.25, -0.2) is 4.98 Å². The number of likely N-dealkylation sites (N-methyl/N-ethyl adjacent to an activating group) is 1. The van der Waals surface area contributed by atoms with Gasteiger partial charge in [-0.1, -0.05) is 24.3 Å². The second kappa shape index (κ2) is 6.68. The fourth-order valence-electron chi connectivity index (χ4n) is 2.34. The number of ether oxygens (including phenoxy) is 1. The van der Waals surface area contributed by atoms with Crippen LogP contribution < -0.4 is 10.2 Å². The van der Waals surface area contributed by atoms with Crippen LogP contribution >= 0.6 is 0 Å². The lowest BCUT2D eigenvalue weighted by Crippen LogP contribution is -2.33. The molecule has 0 bridgehead atoms. The molecule has 108 valence electrons. The van der Waals surface area contributed by atoms with Crippen LogP contribution in [0.5, 0.6) is 0 Å². The average Bonchev–Trinajstić information content (AvgIpc) is 2.46. The van der Waals surface area contributed by atoms with Gasteiger partial charge in [-0.15, -0.1) is 0 Å². The van der Waals surface area contributed by atoms with Gasteiger partial charge >= 0.3 is 0 Å². The summed E-state index contributed by atoms with van der Waals surface area (Å²) in [4.78, 5) is 6.99. The predicted molar refractivity (Wildman–Crippen MR) is 84.2 cm³/mol. The number of methoxy groups -OCH3 is 1. The van der Waals surface area contributed by atoms with Crippen molar-refractivity contribution in [1.29, 1.82) is 0 Å². The molecule has 0 saturated carbocycles. The van der Waals surface area contributed by atoms with Gasteiger partial charge in [0.1, 0.15) is 5.82 Å². The molecule has 1 unspecified atom stereocenters. The Bertz CT molecular complexity index is 571. The molecular formula is C16H23N3O. The van der Waals surface area contributed by atoms with Crippen molar-refractivity contribution in [2.24, 2.45) is 0 Å². The van der Waals surface area contributed by atoms with Crippen LogP contribution in [0.4, 0.5) is 5.82 Å². The Balaban J connectivity index is 2.48. The van der Waals surface area contributed by atoms with E-state index in [2.05, 4.69) is 54.5 Å². The first-order valence-electron chi connectivity index (χ1n) is 6.92. The molecular weight excluding hydrogens is 250 g/mol. The molecule has 1 N–H and O–H groups in total. The van der Waals surface area contributed by atoms with Crippen molar-refractivity contribution in [1.82, 2.24) is 10.3 Å². The molecule has 2 aromatic rings. The van der Waals surface area contributed by atoms with E-state index < -0.39 is 0 Å².